The lowest BCUT2D eigenvalue weighted by molar-refractivity contribution is 0.0748. The third-order valence-corrected chi connectivity index (χ3v) is 3.16. The summed E-state index contributed by atoms with van der Waals surface area (Å²) in [5.74, 6) is 0.843. The minimum Gasteiger partial charge on any atom is -0.486 e. The van der Waals surface area contributed by atoms with Gasteiger partial charge >= 0.3 is 0 Å². The molecule has 1 saturated heterocycles. The van der Waals surface area contributed by atoms with E-state index in [4.69, 9.17) is 4.74 Å². The summed E-state index contributed by atoms with van der Waals surface area (Å²) in [6, 6.07) is 14.1. The molecule has 0 aromatic heterocycles. The fourth-order valence-corrected chi connectivity index (χ4v) is 2.22. The second-order valence-corrected chi connectivity index (χ2v) is 4.36. The van der Waals surface area contributed by atoms with Crippen LogP contribution >= 0.6 is 0 Å². The molecule has 2 aromatic rings. The summed E-state index contributed by atoms with van der Waals surface area (Å²) in [7, 11) is 0. The minimum atomic E-state index is -0.422. The number of hydrogen-bond acceptors (Lipinski definition) is 3. The number of benzene rings is 2. The van der Waals surface area contributed by atoms with Gasteiger partial charge < -0.3 is 15.2 Å². The quantitative estimate of drug-likeness (QED) is 0.821. The molecule has 1 heterocycles. The summed E-state index contributed by atoms with van der Waals surface area (Å²) in [6.07, 6.45) is -0.574. The first-order valence-electron chi connectivity index (χ1n) is 5.88. The smallest absolute Gasteiger partial charge is 0.138 e. The van der Waals surface area contributed by atoms with E-state index in [1.54, 1.807) is 0 Å². The zero-order valence-corrected chi connectivity index (χ0v) is 9.47. The van der Waals surface area contributed by atoms with Crippen molar-refractivity contribution >= 4 is 10.8 Å². The van der Waals surface area contributed by atoms with Gasteiger partial charge in [-0.2, -0.15) is 0 Å². The maximum atomic E-state index is 9.73. The molecule has 1 aliphatic rings. The molecule has 0 unspecified atom stereocenters. The van der Waals surface area contributed by atoms with Crippen LogP contribution in [0, 0.1) is 0 Å². The summed E-state index contributed by atoms with van der Waals surface area (Å²) in [5, 5.41) is 15.1. The number of aliphatic hydroxyl groups is 1. The summed E-state index contributed by atoms with van der Waals surface area (Å²) in [6.45, 7) is 1.31. The number of nitrogens with one attached hydrogen (secondary N) is 1. The van der Waals surface area contributed by atoms with E-state index in [0.29, 0.717) is 13.1 Å². The normalized spacial score (nSPS) is 24.1. The molecule has 2 aromatic carbocycles. The van der Waals surface area contributed by atoms with Gasteiger partial charge in [0.15, 0.2) is 0 Å². The van der Waals surface area contributed by atoms with E-state index in [2.05, 4.69) is 17.4 Å². The molecule has 2 atom stereocenters. The molecule has 0 aliphatic carbocycles. The Morgan fingerprint density at radius 2 is 1.88 bits per heavy atom. The van der Waals surface area contributed by atoms with Crippen LogP contribution in [0.15, 0.2) is 42.5 Å². The van der Waals surface area contributed by atoms with Gasteiger partial charge in [-0.1, -0.05) is 36.4 Å². The second-order valence-electron chi connectivity index (χ2n) is 4.36. The molecule has 3 nitrogen and oxygen atoms in total. The number of rotatable bonds is 2. The first-order valence-corrected chi connectivity index (χ1v) is 5.88. The lowest BCUT2D eigenvalue weighted by Crippen LogP contribution is -2.29. The summed E-state index contributed by atoms with van der Waals surface area (Å²) >= 11 is 0. The molecule has 2 N–H and O–H groups in total. The monoisotopic (exact) mass is 229 g/mol. The van der Waals surface area contributed by atoms with Gasteiger partial charge in [0.05, 0.1) is 0 Å². The van der Waals surface area contributed by atoms with Crippen molar-refractivity contribution in [3.8, 4) is 5.75 Å². The van der Waals surface area contributed by atoms with Gasteiger partial charge in [-0.3, -0.25) is 0 Å². The van der Waals surface area contributed by atoms with Crippen molar-refractivity contribution in [3.05, 3.63) is 42.5 Å². The molecule has 0 amide bonds. The van der Waals surface area contributed by atoms with Crippen molar-refractivity contribution in [1.82, 2.24) is 5.32 Å². The highest BCUT2D eigenvalue weighted by Gasteiger charge is 2.26. The Labute approximate surface area is 100 Å². The minimum absolute atomic E-state index is 0.152. The van der Waals surface area contributed by atoms with E-state index in [1.807, 2.05) is 30.3 Å². The van der Waals surface area contributed by atoms with Crippen LogP contribution < -0.4 is 10.1 Å². The molecule has 88 valence electrons. The summed E-state index contributed by atoms with van der Waals surface area (Å²) in [5.41, 5.74) is 0. The van der Waals surface area contributed by atoms with Crippen molar-refractivity contribution in [1.29, 1.82) is 0 Å². The maximum absolute atomic E-state index is 9.73. The lowest BCUT2D eigenvalue weighted by atomic mass is 10.1. The molecule has 1 aliphatic heterocycles. The third-order valence-electron chi connectivity index (χ3n) is 3.16. The number of fused-ring (bicyclic) bond motifs is 1. The Hall–Kier alpha value is -1.58. The van der Waals surface area contributed by atoms with Crippen molar-refractivity contribution < 1.29 is 9.84 Å². The van der Waals surface area contributed by atoms with E-state index in [1.165, 1.54) is 0 Å². The summed E-state index contributed by atoms with van der Waals surface area (Å²) < 4.78 is 5.89. The van der Waals surface area contributed by atoms with Crippen LogP contribution in [-0.2, 0) is 0 Å². The van der Waals surface area contributed by atoms with Crippen LogP contribution in [0.25, 0.3) is 10.8 Å². The van der Waals surface area contributed by atoms with Gasteiger partial charge in [-0.15, -0.1) is 0 Å². The van der Waals surface area contributed by atoms with Crippen LogP contribution in [0.3, 0.4) is 0 Å². The van der Waals surface area contributed by atoms with E-state index in [9.17, 15) is 5.11 Å². The first kappa shape index (κ1) is 10.6. The van der Waals surface area contributed by atoms with Gasteiger partial charge in [0.25, 0.3) is 0 Å². The van der Waals surface area contributed by atoms with Crippen LogP contribution in [0.4, 0.5) is 0 Å². The Kier molecular flexibility index (Phi) is 2.71. The standard InChI is InChI=1S/C14H15NO2/c16-12-8-15-9-14(12)17-13-7-3-5-10-4-1-2-6-11(10)13/h1-7,12,14-16H,8-9H2/t12-,14-/m1/s1. The molecular weight excluding hydrogens is 214 g/mol. The molecule has 0 radical (unpaired) electrons. The second kappa shape index (κ2) is 4.35. The van der Waals surface area contributed by atoms with E-state index in [0.717, 1.165) is 16.5 Å². The van der Waals surface area contributed by atoms with Crippen molar-refractivity contribution in [2.24, 2.45) is 0 Å². The highest BCUT2D eigenvalue weighted by Crippen LogP contribution is 2.26. The molecule has 0 spiro atoms. The van der Waals surface area contributed by atoms with Gasteiger partial charge in [0.1, 0.15) is 18.0 Å². The molecule has 3 rings (SSSR count). The highest BCUT2D eigenvalue weighted by atomic mass is 16.5. The number of ether oxygens (including phenoxy) is 1. The zero-order chi connectivity index (χ0) is 11.7. The molecule has 3 heteroatoms. The average Bonchev–Trinajstić information content (AvgIpc) is 2.76. The number of hydrogen-bond donors (Lipinski definition) is 2. The maximum Gasteiger partial charge on any atom is 0.138 e. The third kappa shape index (κ3) is 1.99. The molecule has 17 heavy (non-hydrogen) atoms. The topological polar surface area (TPSA) is 41.5 Å². The average molecular weight is 229 g/mol. The van der Waals surface area contributed by atoms with Crippen LogP contribution in [-0.4, -0.2) is 30.4 Å². The molecule has 0 saturated carbocycles. The predicted octanol–water partition coefficient (Wildman–Crippen LogP) is 1.55. The fraction of sp³-hybridized carbons (Fsp3) is 0.286. The van der Waals surface area contributed by atoms with E-state index >= 15 is 0 Å². The molecular formula is C14H15NO2. The van der Waals surface area contributed by atoms with Crippen LogP contribution in [0.5, 0.6) is 5.75 Å². The van der Waals surface area contributed by atoms with Crippen molar-refractivity contribution in [2.75, 3.05) is 13.1 Å². The van der Waals surface area contributed by atoms with Gasteiger partial charge in [0.2, 0.25) is 0 Å². The Bertz CT molecular complexity index is 521. The first-order chi connectivity index (χ1) is 8.34. The Balaban J connectivity index is 1.94. The molecule has 0 bridgehead atoms. The van der Waals surface area contributed by atoms with E-state index in [-0.39, 0.29) is 6.10 Å². The van der Waals surface area contributed by atoms with Gasteiger partial charge in [0, 0.05) is 18.5 Å². The zero-order valence-electron chi connectivity index (χ0n) is 9.47. The van der Waals surface area contributed by atoms with Gasteiger partial charge in [-0.05, 0) is 11.5 Å². The largest absolute Gasteiger partial charge is 0.486 e. The van der Waals surface area contributed by atoms with E-state index < -0.39 is 6.10 Å². The van der Waals surface area contributed by atoms with Gasteiger partial charge in [-0.25, -0.2) is 0 Å². The summed E-state index contributed by atoms with van der Waals surface area (Å²) in [4.78, 5) is 0. The number of aliphatic hydroxyl groups excluding tert-OH is 1. The SMILES string of the molecule is O[C@@H]1CNC[C@H]1Oc1cccc2ccccc12. The Morgan fingerprint density at radius 3 is 2.71 bits per heavy atom. The fourth-order valence-electron chi connectivity index (χ4n) is 2.22. The number of β-amino-alcohol motifs (C(OH)–C–C–N with tert-alkyl or cyclic N) is 1. The molecule has 1 fully saturated rings. The lowest BCUT2D eigenvalue weighted by Gasteiger charge is -2.17. The van der Waals surface area contributed by atoms with Crippen molar-refractivity contribution in [2.45, 2.75) is 12.2 Å². The van der Waals surface area contributed by atoms with Crippen molar-refractivity contribution in [3.63, 3.8) is 0 Å². The Morgan fingerprint density at radius 1 is 1.06 bits per heavy atom. The van der Waals surface area contributed by atoms with Crippen LogP contribution in [0.1, 0.15) is 0 Å². The predicted molar refractivity (Wildman–Crippen MR) is 67.2 cm³/mol. The highest BCUT2D eigenvalue weighted by molar-refractivity contribution is 5.88. The van der Waals surface area contributed by atoms with Crippen LogP contribution in [0.2, 0.25) is 0 Å².